The van der Waals surface area contributed by atoms with Gasteiger partial charge in [-0.15, -0.1) is 0 Å². The molecule has 11 unspecified atom stereocenters. The summed E-state index contributed by atoms with van der Waals surface area (Å²) in [6.07, 6.45) is 9.05. The Bertz CT molecular complexity index is 848. The second-order valence-electron chi connectivity index (χ2n) is 15.1. The number of fused-ring (bicyclic) bond motifs is 2. The Kier molecular flexibility index (Phi) is 5.63. The SMILES string of the molecule is C=C(C(C)C)C(O)CC(C)C1CCC2(C)C3C(O)CC4C(C)(C)C(O)CCC45CC35CCC12C. The molecule has 5 aliphatic rings. The normalized spacial score (nSPS) is 52.7. The van der Waals surface area contributed by atoms with Gasteiger partial charge in [-0.3, -0.25) is 0 Å². The molecule has 0 aliphatic heterocycles. The molecule has 3 heteroatoms. The highest BCUT2D eigenvalue weighted by atomic mass is 16.3. The van der Waals surface area contributed by atoms with Crippen molar-refractivity contribution in [2.45, 2.75) is 125 Å². The first kappa shape index (κ1) is 25.3. The van der Waals surface area contributed by atoms with Gasteiger partial charge in [0.05, 0.1) is 18.3 Å². The van der Waals surface area contributed by atoms with Crippen molar-refractivity contribution >= 4 is 0 Å². The largest absolute Gasteiger partial charge is 0.393 e. The summed E-state index contributed by atoms with van der Waals surface area (Å²) >= 11 is 0. The first-order chi connectivity index (χ1) is 15.7. The number of aliphatic hydroxyl groups is 3. The minimum atomic E-state index is -0.413. The summed E-state index contributed by atoms with van der Waals surface area (Å²) in [4.78, 5) is 0. The topological polar surface area (TPSA) is 60.7 Å². The second-order valence-corrected chi connectivity index (χ2v) is 15.1. The van der Waals surface area contributed by atoms with Gasteiger partial charge >= 0.3 is 0 Å². The van der Waals surface area contributed by atoms with E-state index in [0.29, 0.717) is 35.0 Å². The molecule has 0 aromatic heterocycles. The van der Waals surface area contributed by atoms with E-state index in [1.54, 1.807) is 0 Å². The summed E-state index contributed by atoms with van der Waals surface area (Å²) in [5, 5.41) is 33.6. The molecule has 11 atom stereocenters. The summed E-state index contributed by atoms with van der Waals surface area (Å²) in [5.41, 5.74) is 1.86. The molecule has 5 aliphatic carbocycles. The molecule has 3 nitrogen and oxygen atoms in total. The van der Waals surface area contributed by atoms with Gasteiger partial charge in [0, 0.05) is 0 Å². The molecule has 5 saturated carbocycles. The fraction of sp³-hybridized carbons (Fsp3) is 0.935. The van der Waals surface area contributed by atoms with Crippen LogP contribution in [-0.2, 0) is 0 Å². The average molecular weight is 473 g/mol. The minimum Gasteiger partial charge on any atom is -0.393 e. The summed E-state index contributed by atoms with van der Waals surface area (Å²) in [5.74, 6) is 2.19. The fourth-order valence-corrected chi connectivity index (χ4v) is 11.3. The molecule has 5 fully saturated rings. The van der Waals surface area contributed by atoms with Gasteiger partial charge in [-0.25, -0.2) is 0 Å². The molecular formula is C31H52O3. The second kappa shape index (κ2) is 7.57. The maximum atomic E-state index is 11.8. The van der Waals surface area contributed by atoms with Crippen LogP contribution in [0.3, 0.4) is 0 Å². The Morgan fingerprint density at radius 1 is 0.912 bits per heavy atom. The van der Waals surface area contributed by atoms with Gasteiger partial charge in [0.2, 0.25) is 0 Å². The van der Waals surface area contributed by atoms with Gasteiger partial charge in [0.15, 0.2) is 0 Å². The van der Waals surface area contributed by atoms with Crippen molar-refractivity contribution < 1.29 is 15.3 Å². The van der Waals surface area contributed by atoms with Crippen LogP contribution in [0.5, 0.6) is 0 Å². The van der Waals surface area contributed by atoms with Crippen molar-refractivity contribution in [3.8, 4) is 0 Å². The van der Waals surface area contributed by atoms with Gasteiger partial charge in [0.1, 0.15) is 0 Å². The van der Waals surface area contributed by atoms with Crippen LogP contribution >= 0.6 is 0 Å². The molecule has 0 radical (unpaired) electrons. The quantitative estimate of drug-likeness (QED) is 0.408. The Hall–Kier alpha value is -0.380. The van der Waals surface area contributed by atoms with E-state index in [0.717, 1.165) is 31.3 Å². The lowest BCUT2D eigenvalue weighted by Gasteiger charge is -2.64. The van der Waals surface area contributed by atoms with E-state index in [1.165, 1.54) is 32.1 Å². The average Bonchev–Trinajstić information content (AvgIpc) is 3.31. The van der Waals surface area contributed by atoms with Crippen LogP contribution in [0.15, 0.2) is 12.2 Å². The van der Waals surface area contributed by atoms with Crippen molar-refractivity contribution in [2.75, 3.05) is 0 Å². The van der Waals surface area contributed by atoms with Crippen LogP contribution in [0.4, 0.5) is 0 Å². The predicted octanol–water partition coefficient (Wildman–Crippen LogP) is 6.36. The molecule has 0 bridgehead atoms. The van der Waals surface area contributed by atoms with Crippen LogP contribution in [-0.4, -0.2) is 33.6 Å². The first-order valence-electron chi connectivity index (χ1n) is 14.4. The zero-order chi connectivity index (χ0) is 25.1. The van der Waals surface area contributed by atoms with E-state index in [-0.39, 0.29) is 33.9 Å². The van der Waals surface area contributed by atoms with E-state index in [4.69, 9.17) is 0 Å². The summed E-state index contributed by atoms with van der Waals surface area (Å²) in [6, 6.07) is 0. The Morgan fingerprint density at radius 3 is 2.24 bits per heavy atom. The Labute approximate surface area is 208 Å². The van der Waals surface area contributed by atoms with E-state index in [2.05, 4.69) is 55.0 Å². The predicted molar refractivity (Wildman–Crippen MR) is 138 cm³/mol. The van der Waals surface area contributed by atoms with Crippen molar-refractivity contribution in [1.82, 2.24) is 0 Å². The molecular weight excluding hydrogens is 420 g/mol. The third kappa shape index (κ3) is 2.93. The number of rotatable bonds is 5. The van der Waals surface area contributed by atoms with E-state index in [1.807, 2.05) is 0 Å². The van der Waals surface area contributed by atoms with Crippen molar-refractivity contribution in [3.63, 3.8) is 0 Å². The van der Waals surface area contributed by atoms with Crippen LogP contribution in [0.25, 0.3) is 0 Å². The third-order valence-electron chi connectivity index (χ3n) is 13.6. The highest BCUT2D eigenvalue weighted by Gasteiger charge is 2.83. The number of hydrogen-bond acceptors (Lipinski definition) is 3. The van der Waals surface area contributed by atoms with E-state index < -0.39 is 6.10 Å². The number of hydrogen-bond donors (Lipinski definition) is 3. The summed E-state index contributed by atoms with van der Waals surface area (Å²) < 4.78 is 0. The summed E-state index contributed by atoms with van der Waals surface area (Å²) in [7, 11) is 0. The van der Waals surface area contributed by atoms with Gasteiger partial charge in [-0.1, -0.05) is 55.0 Å². The molecule has 0 heterocycles. The van der Waals surface area contributed by atoms with Crippen molar-refractivity contribution in [1.29, 1.82) is 0 Å². The fourth-order valence-electron chi connectivity index (χ4n) is 11.3. The maximum absolute atomic E-state index is 11.8. The lowest BCUT2D eigenvalue weighted by atomic mass is 9.41. The smallest absolute Gasteiger partial charge is 0.0752 e. The third-order valence-corrected chi connectivity index (χ3v) is 13.6. The van der Waals surface area contributed by atoms with Crippen LogP contribution < -0.4 is 0 Å². The van der Waals surface area contributed by atoms with Crippen LogP contribution in [0.2, 0.25) is 0 Å². The highest BCUT2D eigenvalue weighted by molar-refractivity contribution is 5.32. The molecule has 0 amide bonds. The molecule has 0 aromatic rings. The van der Waals surface area contributed by atoms with Crippen LogP contribution in [0.1, 0.15) is 106 Å². The van der Waals surface area contributed by atoms with Gasteiger partial charge in [-0.05, 0) is 120 Å². The van der Waals surface area contributed by atoms with E-state index >= 15 is 0 Å². The standard InChI is InChI=1S/C31H52O3/c1-18(2)20(4)22(32)15-19(3)21-9-11-29(8)26-23(33)16-24-27(5,6)25(34)10-12-30(24)17-31(26,30)14-13-28(21,29)7/h18-19,21-26,32-34H,4,9-17H2,1-3,5-8H3. The molecule has 3 N–H and O–H groups in total. The minimum absolute atomic E-state index is 0.100. The van der Waals surface area contributed by atoms with Gasteiger partial charge in [0.25, 0.3) is 0 Å². The van der Waals surface area contributed by atoms with Gasteiger partial charge < -0.3 is 15.3 Å². The monoisotopic (exact) mass is 472 g/mol. The zero-order valence-corrected chi connectivity index (χ0v) is 23.0. The lowest BCUT2D eigenvalue weighted by Crippen LogP contribution is -2.61. The number of aliphatic hydroxyl groups excluding tert-OH is 3. The molecule has 0 saturated heterocycles. The molecule has 5 rings (SSSR count). The lowest BCUT2D eigenvalue weighted by molar-refractivity contribution is -0.201. The zero-order valence-electron chi connectivity index (χ0n) is 23.0. The molecule has 194 valence electrons. The Morgan fingerprint density at radius 2 is 1.59 bits per heavy atom. The van der Waals surface area contributed by atoms with Crippen molar-refractivity contribution in [3.05, 3.63) is 12.2 Å². The van der Waals surface area contributed by atoms with Gasteiger partial charge in [-0.2, -0.15) is 0 Å². The van der Waals surface area contributed by atoms with Crippen LogP contribution in [0, 0.1) is 56.7 Å². The molecule has 0 aromatic carbocycles. The first-order valence-corrected chi connectivity index (χ1v) is 14.4. The highest BCUT2D eigenvalue weighted by Crippen LogP contribution is 2.89. The Balaban J connectivity index is 1.43. The molecule has 34 heavy (non-hydrogen) atoms. The van der Waals surface area contributed by atoms with E-state index in [9.17, 15) is 15.3 Å². The molecule has 2 spiro atoms. The summed E-state index contributed by atoms with van der Waals surface area (Å²) in [6.45, 7) is 20.4. The van der Waals surface area contributed by atoms with Crippen molar-refractivity contribution in [2.24, 2.45) is 56.7 Å². The maximum Gasteiger partial charge on any atom is 0.0752 e.